The van der Waals surface area contributed by atoms with Gasteiger partial charge in [0, 0.05) is 11.8 Å². The molecule has 0 aliphatic heterocycles. The molecule has 0 amide bonds. The number of benzene rings is 2. The largest absolute Gasteiger partial charge is 0.444 e. The van der Waals surface area contributed by atoms with Crippen LogP contribution in [-0.2, 0) is 16.0 Å². The molecule has 29 heavy (non-hydrogen) atoms. The van der Waals surface area contributed by atoms with Crippen LogP contribution in [0.25, 0.3) is 28.1 Å². The van der Waals surface area contributed by atoms with Crippen LogP contribution in [0.5, 0.6) is 0 Å². The minimum Gasteiger partial charge on any atom is -0.444 e. The molecular weight excluding hydrogens is 412 g/mol. The average Bonchev–Trinajstić information content (AvgIpc) is 3.20. The van der Waals surface area contributed by atoms with Crippen molar-refractivity contribution >= 4 is 15.6 Å². The minimum atomic E-state index is -4.70. The Morgan fingerprint density at radius 3 is 2.10 bits per heavy atom. The van der Waals surface area contributed by atoms with E-state index < -0.39 is 27.5 Å². The zero-order valence-corrected chi connectivity index (χ0v) is 15.6. The molecule has 0 spiro atoms. The van der Waals surface area contributed by atoms with Crippen molar-refractivity contribution in [3.63, 3.8) is 0 Å². The maximum absolute atomic E-state index is 13.3. The van der Waals surface area contributed by atoms with Gasteiger partial charge in [-0.25, -0.2) is 12.8 Å². The Hall–Kier alpha value is -3.14. The molecule has 0 fully saturated rings. The van der Waals surface area contributed by atoms with E-state index in [1.807, 2.05) is 0 Å². The third kappa shape index (κ3) is 3.39. The number of alkyl halides is 3. The molecule has 0 N–H and O–H groups in total. The van der Waals surface area contributed by atoms with E-state index in [1.165, 1.54) is 48.5 Å². The van der Waals surface area contributed by atoms with Crippen molar-refractivity contribution < 1.29 is 30.4 Å². The van der Waals surface area contributed by atoms with E-state index in [2.05, 4.69) is 5.10 Å². The van der Waals surface area contributed by atoms with E-state index in [4.69, 9.17) is 4.42 Å². The Labute approximate surface area is 162 Å². The van der Waals surface area contributed by atoms with E-state index in [0.29, 0.717) is 21.9 Å². The molecule has 4 aromatic rings. The first-order valence-electron chi connectivity index (χ1n) is 8.19. The van der Waals surface area contributed by atoms with Crippen LogP contribution in [-0.4, -0.2) is 24.3 Å². The first-order valence-corrected chi connectivity index (χ1v) is 10.1. The van der Waals surface area contributed by atoms with Gasteiger partial charge in [0.2, 0.25) is 5.71 Å². The van der Waals surface area contributed by atoms with E-state index in [0.717, 1.165) is 6.26 Å². The molecule has 0 saturated carbocycles. The SMILES string of the molecule is CS(=O)(=O)c1ccc(-c2nn3c(C(F)(F)F)coc3c2-c2ccc(F)cc2)cc1. The molecule has 0 saturated heterocycles. The number of hydrogen-bond donors (Lipinski definition) is 0. The highest BCUT2D eigenvalue weighted by atomic mass is 32.2. The molecule has 0 atom stereocenters. The summed E-state index contributed by atoms with van der Waals surface area (Å²) in [5.41, 5.74) is -0.120. The van der Waals surface area contributed by atoms with Gasteiger partial charge in [-0.2, -0.15) is 22.8 Å². The molecular formula is C19H12F4N2O3S. The topological polar surface area (TPSA) is 64.6 Å². The molecule has 2 aromatic heterocycles. The van der Waals surface area contributed by atoms with Crippen LogP contribution in [0.1, 0.15) is 5.69 Å². The Balaban J connectivity index is 1.98. The van der Waals surface area contributed by atoms with Gasteiger partial charge in [-0.15, -0.1) is 0 Å². The summed E-state index contributed by atoms with van der Waals surface area (Å²) < 4.78 is 82.3. The van der Waals surface area contributed by atoms with Gasteiger partial charge < -0.3 is 4.42 Å². The first-order chi connectivity index (χ1) is 13.6. The molecule has 5 nitrogen and oxygen atoms in total. The van der Waals surface area contributed by atoms with Crippen molar-refractivity contribution in [1.82, 2.24) is 9.61 Å². The smallest absolute Gasteiger partial charge is 0.436 e. The lowest BCUT2D eigenvalue weighted by Crippen LogP contribution is -2.09. The van der Waals surface area contributed by atoms with Gasteiger partial charge >= 0.3 is 6.18 Å². The summed E-state index contributed by atoms with van der Waals surface area (Å²) in [4.78, 5) is 0.0588. The van der Waals surface area contributed by atoms with Gasteiger partial charge in [-0.05, 0) is 29.8 Å². The van der Waals surface area contributed by atoms with Crippen molar-refractivity contribution in [1.29, 1.82) is 0 Å². The van der Waals surface area contributed by atoms with Crippen LogP contribution in [0, 0.1) is 5.82 Å². The third-order valence-corrected chi connectivity index (χ3v) is 5.46. The van der Waals surface area contributed by atoms with Crippen LogP contribution < -0.4 is 0 Å². The predicted molar refractivity (Wildman–Crippen MR) is 96.4 cm³/mol. The second-order valence-corrected chi connectivity index (χ2v) is 8.38. The quantitative estimate of drug-likeness (QED) is 0.442. The lowest BCUT2D eigenvalue weighted by atomic mass is 10.0. The Morgan fingerprint density at radius 1 is 0.966 bits per heavy atom. The third-order valence-electron chi connectivity index (χ3n) is 4.33. The van der Waals surface area contributed by atoms with Gasteiger partial charge in [0.25, 0.3) is 0 Å². The number of aromatic nitrogens is 2. The number of hydrogen-bond acceptors (Lipinski definition) is 4. The molecule has 2 heterocycles. The van der Waals surface area contributed by atoms with Crippen LogP contribution in [0.3, 0.4) is 0 Å². The van der Waals surface area contributed by atoms with Crippen LogP contribution >= 0.6 is 0 Å². The summed E-state index contributed by atoms with van der Waals surface area (Å²) in [6.07, 6.45) is -3.09. The molecule has 4 rings (SSSR count). The monoisotopic (exact) mass is 424 g/mol. The highest BCUT2D eigenvalue weighted by molar-refractivity contribution is 7.90. The van der Waals surface area contributed by atoms with Crippen LogP contribution in [0.4, 0.5) is 17.6 Å². The van der Waals surface area contributed by atoms with Crippen LogP contribution in [0.15, 0.2) is 64.1 Å². The van der Waals surface area contributed by atoms with E-state index in [-0.39, 0.29) is 21.9 Å². The lowest BCUT2D eigenvalue weighted by Gasteiger charge is -2.05. The number of rotatable bonds is 3. The number of sulfone groups is 1. The fourth-order valence-electron chi connectivity index (χ4n) is 2.96. The summed E-state index contributed by atoms with van der Waals surface area (Å²) >= 11 is 0. The van der Waals surface area contributed by atoms with Crippen molar-refractivity contribution in [3.8, 4) is 22.4 Å². The van der Waals surface area contributed by atoms with Crippen molar-refractivity contribution in [3.05, 3.63) is 66.3 Å². The summed E-state index contributed by atoms with van der Waals surface area (Å²) in [6, 6.07) is 10.7. The molecule has 0 aliphatic carbocycles. The molecule has 0 bridgehead atoms. The lowest BCUT2D eigenvalue weighted by molar-refractivity contribution is -0.142. The molecule has 0 aliphatic rings. The summed E-state index contributed by atoms with van der Waals surface area (Å²) in [7, 11) is -3.44. The number of nitrogens with zero attached hydrogens (tertiary/aromatic N) is 2. The second kappa shape index (κ2) is 6.45. The Bertz CT molecular complexity index is 1300. The van der Waals surface area contributed by atoms with Gasteiger partial charge in [-0.3, -0.25) is 0 Å². The number of fused-ring (bicyclic) bond motifs is 1. The second-order valence-electron chi connectivity index (χ2n) is 6.36. The number of halogens is 4. The minimum absolute atomic E-state index is 0.0588. The molecule has 0 unspecified atom stereocenters. The van der Waals surface area contributed by atoms with E-state index >= 15 is 0 Å². The van der Waals surface area contributed by atoms with Gasteiger partial charge in [0.1, 0.15) is 17.8 Å². The normalized spacial score (nSPS) is 12.6. The van der Waals surface area contributed by atoms with Crippen molar-refractivity contribution in [2.24, 2.45) is 0 Å². The van der Waals surface area contributed by atoms with Crippen molar-refractivity contribution in [2.75, 3.05) is 6.26 Å². The highest BCUT2D eigenvalue weighted by Crippen LogP contribution is 2.39. The van der Waals surface area contributed by atoms with Gasteiger partial charge in [0.05, 0.1) is 10.5 Å². The standard InChI is InChI=1S/C19H12F4N2O3S/c1-29(26,27)14-8-4-12(5-9-14)17-16(11-2-6-13(20)7-3-11)18-25(24-17)15(10-28-18)19(21,22)23/h2-10H,1H3. The van der Waals surface area contributed by atoms with E-state index in [9.17, 15) is 26.0 Å². The Kier molecular flexibility index (Phi) is 4.26. The Morgan fingerprint density at radius 2 is 1.55 bits per heavy atom. The summed E-state index contributed by atoms with van der Waals surface area (Å²) in [5, 5.41) is 4.06. The zero-order valence-electron chi connectivity index (χ0n) is 14.7. The fraction of sp³-hybridized carbons (Fsp3) is 0.105. The van der Waals surface area contributed by atoms with Crippen LogP contribution in [0.2, 0.25) is 0 Å². The predicted octanol–water partition coefficient (Wildman–Crippen LogP) is 4.82. The van der Waals surface area contributed by atoms with Gasteiger partial charge in [-0.1, -0.05) is 24.3 Å². The number of oxazole rings is 1. The first kappa shape index (κ1) is 19.2. The molecule has 0 radical (unpaired) electrons. The van der Waals surface area contributed by atoms with Gasteiger partial charge in [0.15, 0.2) is 15.5 Å². The molecule has 150 valence electrons. The molecule has 10 heteroatoms. The summed E-state index contributed by atoms with van der Waals surface area (Å²) in [6.45, 7) is 0. The van der Waals surface area contributed by atoms with Crippen molar-refractivity contribution in [2.45, 2.75) is 11.1 Å². The zero-order chi connectivity index (χ0) is 21.0. The highest BCUT2D eigenvalue weighted by Gasteiger charge is 2.37. The van der Waals surface area contributed by atoms with E-state index in [1.54, 1.807) is 0 Å². The maximum Gasteiger partial charge on any atom is 0.436 e. The fourth-order valence-corrected chi connectivity index (χ4v) is 3.59. The average molecular weight is 424 g/mol. The summed E-state index contributed by atoms with van der Waals surface area (Å²) in [5.74, 6) is -0.508. The molecule has 2 aromatic carbocycles. The maximum atomic E-state index is 13.3.